The highest BCUT2D eigenvalue weighted by atomic mass is 19.4. The summed E-state index contributed by atoms with van der Waals surface area (Å²) >= 11 is 0. The summed E-state index contributed by atoms with van der Waals surface area (Å²) in [5, 5.41) is 0.995. The lowest BCUT2D eigenvalue weighted by atomic mass is 9.92. The lowest BCUT2D eigenvalue weighted by Crippen LogP contribution is -2.36. The summed E-state index contributed by atoms with van der Waals surface area (Å²) in [6.07, 6.45) is -0.555. The van der Waals surface area contributed by atoms with Gasteiger partial charge in [-0.1, -0.05) is 48.8 Å². The normalized spacial score (nSPS) is 18.4. The highest BCUT2D eigenvalue weighted by molar-refractivity contribution is 5.78. The number of rotatable bonds is 3. The molecule has 2 aromatic carbocycles. The van der Waals surface area contributed by atoms with Crippen LogP contribution in [0.4, 0.5) is 13.2 Å². The van der Waals surface area contributed by atoms with Crippen molar-refractivity contribution in [3.05, 3.63) is 90.1 Å². The van der Waals surface area contributed by atoms with Crippen molar-refractivity contribution in [2.75, 3.05) is 6.54 Å². The van der Waals surface area contributed by atoms with Crippen LogP contribution in [-0.4, -0.2) is 11.4 Å². The van der Waals surface area contributed by atoms with E-state index >= 15 is 0 Å². The Balaban J connectivity index is 1.73. The van der Waals surface area contributed by atoms with Crippen molar-refractivity contribution in [2.45, 2.75) is 38.0 Å². The highest BCUT2D eigenvalue weighted by Gasteiger charge is 2.34. The predicted molar refractivity (Wildman–Crippen MR) is 116 cm³/mol. The Morgan fingerprint density at radius 1 is 1.16 bits per heavy atom. The Bertz CT molecular complexity index is 1100. The molecule has 1 radical (unpaired) electrons. The lowest BCUT2D eigenvalue weighted by molar-refractivity contribution is -0.137. The highest BCUT2D eigenvalue weighted by Crippen LogP contribution is 2.39. The van der Waals surface area contributed by atoms with Crippen LogP contribution in [0.25, 0.3) is 11.0 Å². The molecule has 0 saturated carbocycles. The summed E-state index contributed by atoms with van der Waals surface area (Å²) in [6, 6.07) is 14.8. The first-order valence-corrected chi connectivity index (χ1v) is 10.2. The second kappa shape index (κ2) is 8.64. The van der Waals surface area contributed by atoms with Gasteiger partial charge in [-0.15, -0.1) is 0 Å². The SMILES string of the molecule is C=C(C)C#C[C@H](c1cc2ccccc2o1)N1CC[CH]C[C@H]1c1ccc(C(F)(F)F)cc1. The molecule has 1 aliphatic heterocycles. The van der Waals surface area contributed by atoms with Gasteiger partial charge in [0.15, 0.2) is 0 Å². The number of nitrogens with zero attached hydrogens (tertiary/aromatic N) is 1. The van der Waals surface area contributed by atoms with E-state index in [1.54, 1.807) is 12.1 Å². The van der Waals surface area contributed by atoms with E-state index in [4.69, 9.17) is 4.42 Å². The van der Waals surface area contributed by atoms with Crippen LogP contribution in [0.2, 0.25) is 0 Å². The van der Waals surface area contributed by atoms with Crippen molar-refractivity contribution in [1.82, 2.24) is 4.90 Å². The molecule has 1 aliphatic rings. The third-order valence-corrected chi connectivity index (χ3v) is 5.47. The molecule has 1 aromatic heterocycles. The average molecular weight is 422 g/mol. The van der Waals surface area contributed by atoms with Crippen LogP contribution in [0, 0.1) is 18.3 Å². The van der Waals surface area contributed by atoms with Crippen molar-refractivity contribution in [3.8, 4) is 11.8 Å². The molecule has 0 aliphatic carbocycles. The summed E-state index contributed by atoms with van der Waals surface area (Å²) < 4.78 is 45.2. The number of benzene rings is 2. The molecule has 0 spiro atoms. The second-order valence-electron chi connectivity index (χ2n) is 7.83. The fourth-order valence-corrected chi connectivity index (χ4v) is 3.98. The van der Waals surface area contributed by atoms with Gasteiger partial charge in [-0.05, 0) is 61.6 Å². The Kier molecular flexibility index (Phi) is 5.93. The van der Waals surface area contributed by atoms with Crippen LogP contribution in [0.15, 0.2) is 71.2 Å². The predicted octanol–water partition coefficient (Wildman–Crippen LogP) is 7.11. The van der Waals surface area contributed by atoms with Crippen molar-refractivity contribution in [1.29, 1.82) is 0 Å². The van der Waals surface area contributed by atoms with E-state index < -0.39 is 11.7 Å². The van der Waals surface area contributed by atoms with Crippen LogP contribution >= 0.6 is 0 Å². The molecular weight excluding hydrogens is 399 g/mol. The Morgan fingerprint density at radius 2 is 1.90 bits per heavy atom. The van der Waals surface area contributed by atoms with Gasteiger partial charge in [0.05, 0.1) is 5.56 Å². The van der Waals surface area contributed by atoms with E-state index in [1.165, 1.54) is 0 Å². The smallest absolute Gasteiger partial charge is 0.416 e. The number of allylic oxidation sites excluding steroid dienone is 1. The summed E-state index contributed by atoms with van der Waals surface area (Å²) in [5.41, 5.74) is 1.73. The number of alkyl halides is 3. The number of para-hydroxylation sites is 1. The van der Waals surface area contributed by atoms with Gasteiger partial charge in [-0.2, -0.15) is 13.2 Å². The Labute approximate surface area is 180 Å². The number of likely N-dealkylation sites (tertiary alicyclic amines) is 1. The molecule has 1 saturated heterocycles. The van der Waals surface area contributed by atoms with Gasteiger partial charge in [0.1, 0.15) is 17.4 Å². The number of hydrogen-bond donors (Lipinski definition) is 0. The topological polar surface area (TPSA) is 16.4 Å². The minimum atomic E-state index is -4.35. The molecule has 31 heavy (non-hydrogen) atoms. The van der Waals surface area contributed by atoms with E-state index in [2.05, 4.69) is 29.7 Å². The standard InChI is InChI=1S/C26H23F3NO/c1-18(2)10-15-23(25-17-20-7-3-4-9-24(20)31-25)30-16-6-5-8-22(30)19-11-13-21(14-12-19)26(27,28)29/h3-5,7,9,11-14,17,22-23H,1,6,8,16H2,2H3/t22-,23+/m0/s1. The molecule has 3 aromatic rings. The maximum atomic E-state index is 13.0. The molecule has 2 nitrogen and oxygen atoms in total. The Morgan fingerprint density at radius 3 is 2.58 bits per heavy atom. The molecule has 159 valence electrons. The minimum Gasteiger partial charge on any atom is -0.458 e. The molecule has 0 amide bonds. The van der Waals surface area contributed by atoms with Gasteiger partial charge in [-0.25, -0.2) is 0 Å². The second-order valence-corrected chi connectivity index (χ2v) is 7.83. The number of piperidine rings is 1. The third kappa shape index (κ3) is 4.70. The molecule has 2 heterocycles. The van der Waals surface area contributed by atoms with E-state index in [-0.39, 0.29) is 12.1 Å². The van der Waals surface area contributed by atoms with Gasteiger partial charge in [-0.3, -0.25) is 4.90 Å². The van der Waals surface area contributed by atoms with Crippen molar-refractivity contribution in [3.63, 3.8) is 0 Å². The van der Waals surface area contributed by atoms with Gasteiger partial charge >= 0.3 is 6.18 Å². The van der Waals surface area contributed by atoms with Crippen molar-refractivity contribution in [2.24, 2.45) is 0 Å². The first-order valence-electron chi connectivity index (χ1n) is 10.2. The van der Waals surface area contributed by atoms with Crippen LogP contribution in [0.1, 0.15) is 48.7 Å². The zero-order valence-corrected chi connectivity index (χ0v) is 17.2. The van der Waals surface area contributed by atoms with Gasteiger partial charge in [0.2, 0.25) is 0 Å². The summed E-state index contributed by atoms with van der Waals surface area (Å²) in [5.74, 6) is 7.10. The van der Waals surface area contributed by atoms with Crippen LogP contribution in [-0.2, 0) is 6.18 Å². The molecule has 2 atom stereocenters. The summed E-state index contributed by atoms with van der Waals surface area (Å²) in [7, 11) is 0. The maximum Gasteiger partial charge on any atom is 0.416 e. The van der Waals surface area contributed by atoms with E-state index in [0.717, 1.165) is 59.4 Å². The molecule has 5 heteroatoms. The number of halogens is 3. The molecule has 0 unspecified atom stereocenters. The number of fused-ring (bicyclic) bond motifs is 1. The zero-order valence-electron chi connectivity index (χ0n) is 17.2. The maximum absolute atomic E-state index is 13.0. The van der Waals surface area contributed by atoms with Crippen molar-refractivity contribution < 1.29 is 17.6 Å². The fourth-order valence-electron chi connectivity index (χ4n) is 3.98. The summed E-state index contributed by atoms with van der Waals surface area (Å²) in [4.78, 5) is 2.22. The monoisotopic (exact) mass is 422 g/mol. The average Bonchev–Trinajstić information content (AvgIpc) is 3.17. The summed E-state index contributed by atoms with van der Waals surface area (Å²) in [6.45, 7) is 6.46. The van der Waals surface area contributed by atoms with Gasteiger partial charge in [0, 0.05) is 18.0 Å². The van der Waals surface area contributed by atoms with Crippen molar-refractivity contribution >= 4 is 11.0 Å². The fraction of sp³-hybridized carbons (Fsp3) is 0.269. The molecule has 0 N–H and O–H groups in total. The Hall–Kier alpha value is -2.97. The first kappa shape index (κ1) is 21.3. The minimum absolute atomic E-state index is 0.0892. The lowest BCUT2D eigenvalue weighted by Gasteiger charge is -2.38. The van der Waals surface area contributed by atoms with E-state index in [9.17, 15) is 13.2 Å². The molecule has 1 fully saturated rings. The zero-order chi connectivity index (χ0) is 22.0. The number of hydrogen-bond acceptors (Lipinski definition) is 2. The molecule has 4 rings (SSSR count). The van der Waals surface area contributed by atoms with Gasteiger partial charge in [0.25, 0.3) is 0 Å². The largest absolute Gasteiger partial charge is 0.458 e. The molecular formula is C26H23F3NO. The van der Waals surface area contributed by atoms with Crippen LogP contribution in [0.3, 0.4) is 0 Å². The van der Waals surface area contributed by atoms with Crippen LogP contribution in [0.5, 0.6) is 0 Å². The van der Waals surface area contributed by atoms with E-state index in [1.807, 2.05) is 37.3 Å². The quantitative estimate of drug-likeness (QED) is 0.418. The molecule has 0 bridgehead atoms. The number of furan rings is 1. The third-order valence-electron chi connectivity index (χ3n) is 5.47. The van der Waals surface area contributed by atoms with Gasteiger partial charge < -0.3 is 4.42 Å². The van der Waals surface area contributed by atoms with Crippen LogP contribution < -0.4 is 0 Å². The first-order chi connectivity index (χ1) is 14.8. The van der Waals surface area contributed by atoms with E-state index in [0.29, 0.717) is 0 Å².